The van der Waals surface area contributed by atoms with Crippen LogP contribution in [0.25, 0.3) is 0 Å². The molecular formula is C20H14F4N2OS. The minimum Gasteiger partial charge on any atom is -0.322 e. The fraction of sp³-hybridized carbons (Fsp3) is 0.100. The van der Waals surface area contributed by atoms with Crippen LogP contribution in [-0.2, 0) is 11.9 Å². The first-order chi connectivity index (χ1) is 13.3. The SMILES string of the molecule is O=C(Nc1cc(F)cc(C(F)(F)F)c1)c1ccccc1SCc1ccncc1. The second-order valence-electron chi connectivity index (χ2n) is 5.82. The Balaban J connectivity index is 1.79. The molecule has 3 rings (SSSR count). The third-order valence-corrected chi connectivity index (χ3v) is 4.90. The molecule has 0 bridgehead atoms. The Morgan fingerprint density at radius 3 is 2.46 bits per heavy atom. The van der Waals surface area contributed by atoms with Crippen molar-refractivity contribution in [3.05, 3.63) is 89.5 Å². The number of nitrogens with zero attached hydrogens (tertiary/aromatic N) is 1. The Bertz CT molecular complexity index is 977. The quantitative estimate of drug-likeness (QED) is 0.431. The summed E-state index contributed by atoms with van der Waals surface area (Å²) >= 11 is 1.41. The van der Waals surface area contributed by atoms with Gasteiger partial charge in [-0.3, -0.25) is 9.78 Å². The molecule has 1 N–H and O–H groups in total. The molecule has 1 heterocycles. The summed E-state index contributed by atoms with van der Waals surface area (Å²) in [6, 6.07) is 12.3. The maximum atomic E-state index is 13.5. The molecule has 0 atom stereocenters. The second kappa shape index (κ2) is 8.43. The zero-order valence-corrected chi connectivity index (χ0v) is 15.2. The van der Waals surface area contributed by atoms with Crippen LogP contribution in [-0.4, -0.2) is 10.9 Å². The summed E-state index contributed by atoms with van der Waals surface area (Å²) in [4.78, 5) is 17.2. The number of halogens is 4. The molecular weight excluding hydrogens is 392 g/mol. The van der Waals surface area contributed by atoms with Crippen molar-refractivity contribution < 1.29 is 22.4 Å². The lowest BCUT2D eigenvalue weighted by Gasteiger charge is -2.12. The molecule has 0 aliphatic carbocycles. The number of carbonyl (C=O) groups is 1. The molecule has 28 heavy (non-hydrogen) atoms. The van der Waals surface area contributed by atoms with Gasteiger partial charge in [0.05, 0.1) is 11.1 Å². The fourth-order valence-corrected chi connectivity index (χ4v) is 3.45. The first kappa shape index (κ1) is 19.9. The molecule has 2 aromatic carbocycles. The van der Waals surface area contributed by atoms with Crippen LogP contribution < -0.4 is 5.32 Å². The lowest BCUT2D eigenvalue weighted by molar-refractivity contribution is -0.137. The van der Waals surface area contributed by atoms with Crippen molar-refractivity contribution in [2.45, 2.75) is 16.8 Å². The van der Waals surface area contributed by atoms with Crippen LogP contribution in [0, 0.1) is 5.82 Å². The average molecular weight is 406 g/mol. The molecule has 0 fully saturated rings. The highest BCUT2D eigenvalue weighted by molar-refractivity contribution is 7.98. The fourth-order valence-electron chi connectivity index (χ4n) is 2.44. The van der Waals surface area contributed by atoms with Crippen molar-refractivity contribution in [2.24, 2.45) is 0 Å². The molecule has 0 unspecified atom stereocenters. The summed E-state index contributed by atoms with van der Waals surface area (Å²) in [6.45, 7) is 0. The molecule has 0 aliphatic rings. The van der Waals surface area contributed by atoms with Gasteiger partial charge in [0.25, 0.3) is 5.91 Å². The third kappa shape index (κ3) is 5.10. The summed E-state index contributed by atoms with van der Waals surface area (Å²) in [6.07, 6.45) is -1.38. The predicted molar refractivity (Wildman–Crippen MR) is 99.6 cm³/mol. The number of hydrogen-bond donors (Lipinski definition) is 1. The third-order valence-electron chi connectivity index (χ3n) is 3.76. The number of rotatable bonds is 5. The van der Waals surface area contributed by atoms with Gasteiger partial charge in [0.1, 0.15) is 5.82 Å². The first-order valence-electron chi connectivity index (χ1n) is 8.13. The smallest absolute Gasteiger partial charge is 0.322 e. The van der Waals surface area contributed by atoms with E-state index < -0.39 is 23.5 Å². The molecule has 1 aromatic heterocycles. The van der Waals surface area contributed by atoms with E-state index in [1.165, 1.54) is 11.8 Å². The lowest BCUT2D eigenvalue weighted by Crippen LogP contribution is -2.14. The Kier molecular flexibility index (Phi) is 5.99. The first-order valence-corrected chi connectivity index (χ1v) is 9.11. The van der Waals surface area contributed by atoms with E-state index in [2.05, 4.69) is 10.3 Å². The molecule has 0 spiro atoms. The second-order valence-corrected chi connectivity index (χ2v) is 6.84. The van der Waals surface area contributed by atoms with Gasteiger partial charge in [-0.2, -0.15) is 13.2 Å². The van der Waals surface area contributed by atoms with Gasteiger partial charge < -0.3 is 5.32 Å². The van der Waals surface area contributed by atoms with Gasteiger partial charge in [-0.05, 0) is 48.0 Å². The van der Waals surface area contributed by atoms with Gasteiger partial charge in [0.2, 0.25) is 0 Å². The van der Waals surface area contributed by atoms with Gasteiger partial charge in [-0.1, -0.05) is 12.1 Å². The van der Waals surface area contributed by atoms with E-state index in [1.54, 1.807) is 36.7 Å². The van der Waals surface area contributed by atoms with Crippen molar-refractivity contribution in [1.82, 2.24) is 4.98 Å². The molecule has 0 radical (unpaired) electrons. The highest BCUT2D eigenvalue weighted by Crippen LogP contribution is 2.32. The number of nitrogens with one attached hydrogen (secondary N) is 1. The summed E-state index contributed by atoms with van der Waals surface area (Å²) < 4.78 is 52.1. The van der Waals surface area contributed by atoms with Crippen LogP contribution in [0.2, 0.25) is 0 Å². The van der Waals surface area contributed by atoms with E-state index in [-0.39, 0.29) is 5.69 Å². The van der Waals surface area contributed by atoms with Crippen molar-refractivity contribution in [3.63, 3.8) is 0 Å². The molecule has 1 amide bonds. The summed E-state index contributed by atoms with van der Waals surface area (Å²) in [5.74, 6) is -1.10. The average Bonchev–Trinajstić information content (AvgIpc) is 2.66. The zero-order chi connectivity index (χ0) is 20.1. The van der Waals surface area contributed by atoms with Crippen LogP contribution in [0.15, 0.2) is 71.9 Å². The molecule has 3 nitrogen and oxygen atoms in total. The van der Waals surface area contributed by atoms with Crippen LogP contribution in [0.1, 0.15) is 21.5 Å². The van der Waals surface area contributed by atoms with Crippen molar-refractivity contribution in [2.75, 3.05) is 5.32 Å². The minimum absolute atomic E-state index is 0.258. The van der Waals surface area contributed by atoms with E-state index >= 15 is 0 Å². The number of aromatic nitrogens is 1. The molecule has 144 valence electrons. The number of anilines is 1. The lowest BCUT2D eigenvalue weighted by atomic mass is 10.1. The van der Waals surface area contributed by atoms with Gasteiger partial charge in [-0.15, -0.1) is 11.8 Å². The predicted octanol–water partition coefficient (Wildman–Crippen LogP) is 5.78. The minimum atomic E-state index is -4.71. The van der Waals surface area contributed by atoms with Crippen LogP contribution in [0.3, 0.4) is 0 Å². The number of carbonyl (C=O) groups excluding carboxylic acids is 1. The Hall–Kier alpha value is -2.87. The Morgan fingerprint density at radius 2 is 1.75 bits per heavy atom. The van der Waals surface area contributed by atoms with Gasteiger partial charge in [-0.25, -0.2) is 4.39 Å². The van der Waals surface area contributed by atoms with E-state index in [9.17, 15) is 22.4 Å². The highest BCUT2D eigenvalue weighted by atomic mass is 32.2. The summed E-state index contributed by atoms with van der Waals surface area (Å²) in [5, 5.41) is 2.35. The van der Waals surface area contributed by atoms with Gasteiger partial charge in [0.15, 0.2) is 0 Å². The monoisotopic (exact) mass is 406 g/mol. The standard InChI is InChI=1S/C20H14F4N2OS/c21-15-9-14(20(22,23)24)10-16(11-15)26-19(27)17-3-1-2-4-18(17)28-12-13-5-7-25-8-6-13/h1-11H,12H2,(H,26,27). The zero-order valence-electron chi connectivity index (χ0n) is 14.3. The van der Waals surface area contributed by atoms with Gasteiger partial charge >= 0.3 is 6.18 Å². The number of hydrogen-bond acceptors (Lipinski definition) is 3. The van der Waals surface area contributed by atoms with Crippen LogP contribution in [0.5, 0.6) is 0 Å². The van der Waals surface area contributed by atoms with E-state index in [4.69, 9.17) is 0 Å². The molecule has 8 heteroatoms. The summed E-state index contributed by atoms with van der Waals surface area (Å²) in [7, 11) is 0. The molecule has 0 saturated carbocycles. The Labute approximate surface area is 162 Å². The van der Waals surface area contributed by atoms with Crippen LogP contribution >= 0.6 is 11.8 Å². The van der Waals surface area contributed by atoms with Crippen LogP contribution in [0.4, 0.5) is 23.2 Å². The van der Waals surface area contributed by atoms with Crippen molar-refractivity contribution >= 4 is 23.4 Å². The number of amides is 1. The topological polar surface area (TPSA) is 42.0 Å². The van der Waals surface area contributed by atoms with Crippen molar-refractivity contribution in [3.8, 4) is 0 Å². The van der Waals surface area contributed by atoms with E-state index in [1.807, 2.05) is 12.1 Å². The summed E-state index contributed by atoms with van der Waals surface area (Å²) in [5.41, 5.74) is -0.121. The van der Waals surface area contributed by atoms with E-state index in [0.717, 1.165) is 11.6 Å². The maximum absolute atomic E-state index is 13.5. The highest BCUT2D eigenvalue weighted by Gasteiger charge is 2.31. The van der Waals surface area contributed by atoms with E-state index in [0.29, 0.717) is 28.3 Å². The maximum Gasteiger partial charge on any atom is 0.416 e. The number of pyridine rings is 1. The normalized spacial score (nSPS) is 11.3. The van der Waals surface area contributed by atoms with Gasteiger partial charge in [0, 0.05) is 28.7 Å². The Morgan fingerprint density at radius 1 is 1.04 bits per heavy atom. The molecule has 3 aromatic rings. The molecule has 0 aliphatic heterocycles. The largest absolute Gasteiger partial charge is 0.416 e. The van der Waals surface area contributed by atoms with Crippen molar-refractivity contribution in [1.29, 1.82) is 0 Å². The number of benzene rings is 2. The number of alkyl halides is 3. The number of thioether (sulfide) groups is 1. The molecule has 0 saturated heterocycles.